The van der Waals surface area contributed by atoms with Crippen molar-refractivity contribution in [3.05, 3.63) is 12.2 Å². The van der Waals surface area contributed by atoms with Gasteiger partial charge in [0.2, 0.25) is 0 Å². The van der Waals surface area contributed by atoms with Crippen LogP contribution >= 0.6 is 0 Å². The molecule has 6 heteroatoms. The maximum absolute atomic E-state index is 5.82. The molecule has 3 rings (SSSR count). The van der Waals surface area contributed by atoms with Crippen molar-refractivity contribution >= 4 is 17.0 Å². The fourth-order valence-electron chi connectivity index (χ4n) is 2.68. The van der Waals surface area contributed by atoms with Crippen LogP contribution in [0, 0.1) is 5.41 Å². The number of aromatic amines is 1. The average molecular weight is 246 g/mol. The van der Waals surface area contributed by atoms with E-state index in [0.717, 1.165) is 17.9 Å². The summed E-state index contributed by atoms with van der Waals surface area (Å²) in [5.74, 6) is 1.36. The highest BCUT2D eigenvalue weighted by molar-refractivity contribution is 5.81. The van der Waals surface area contributed by atoms with Crippen molar-refractivity contribution < 1.29 is 0 Å². The van der Waals surface area contributed by atoms with Gasteiger partial charge in [-0.2, -0.15) is 0 Å². The van der Waals surface area contributed by atoms with Crippen molar-refractivity contribution in [2.24, 2.45) is 5.41 Å². The van der Waals surface area contributed by atoms with E-state index in [0.29, 0.717) is 11.5 Å². The van der Waals surface area contributed by atoms with Gasteiger partial charge in [-0.05, 0) is 24.8 Å². The summed E-state index contributed by atoms with van der Waals surface area (Å²) in [6.45, 7) is 5.53. The van der Waals surface area contributed by atoms with Crippen molar-refractivity contribution in [3.63, 3.8) is 0 Å². The number of H-pyrrole nitrogens is 1. The minimum Gasteiger partial charge on any atom is -0.382 e. The van der Waals surface area contributed by atoms with E-state index < -0.39 is 0 Å². The lowest BCUT2D eigenvalue weighted by atomic mass is 9.77. The van der Waals surface area contributed by atoms with Gasteiger partial charge in [0.05, 0.1) is 6.04 Å². The molecular formula is C12H18N6. The molecule has 4 N–H and O–H groups in total. The molecule has 0 radical (unpaired) electrons. The predicted octanol–water partition coefficient (Wildman–Crippen LogP) is 1.39. The molecule has 2 aromatic rings. The molecule has 0 amide bonds. The van der Waals surface area contributed by atoms with Crippen LogP contribution in [-0.2, 0) is 0 Å². The number of nitrogens with two attached hydrogens (primary N) is 1. The third kappa shape index (κ3) is 1.73. The summed E-state index contributed by atoms with van der Waals surface area (Å²) >= 11 is 0. The van der Waals surface area contributed by atoms with Crippen molar-refractivity contribution in [3.8, 4) is 0 Å². The lowest BCUT2D eigenvalue weighted by Gasteiger charge is -2.38. The van der Waals surface area contributed by atoms with Crippen molar-refractivity contribution in [1.29, 1.82) is 0 Å². The highest BCUT2D eigenvalue weighted by Gasteiger charge is 2.35. The number of imidazole rings is 1. The quantitative estimate of drug-likeness (QED) is 0.707. The second kappa shape index (κ2) is 3.91. The summed E-state index contributed by atoms with van der Waals surface area (Å²) in [7, 11) is 0. The molecule has 1 fully saturated rings. The number of nitrogens with zero attached hydrogens (tertiary/aromatic N) is 3. The zero-order valence-corrected chi connectivity index (χ0v) is 10.7. The van der Waals surface area contributed by atoms with Gasteiger partial charge in [0.25, 0.3) is 0 Å². The molecule has 0 saturated carbocycles. The van der Waals surface area contributed by atoms with E-state index in [2.05, 4.69) is 39.1 Å². The summed E-state index contributed by atoms with van der Waals surface area (Å²) in [6, 6.07) is 0.208. The Kier molecular flexibility index (Phi) is 2.48. The van der Waals surface area contributed by atoms with Crippen LogP contribution in [0.3, 0.4) is 0 Å². The van der Waals surface area contributed by atoms with Gasteiger partial charge in [0.1, 0.15) is 17.7 Å². The zero-order valence-electron chi connectivity index (χ0n) is 10.7. The van der Waals surface area contributed by atoms with Crippen LogP contribution in [0.1, 0.15) is 38.6 Å². The molecule has 1 aliphatic heterocycles. The van der Waals surface area contributed by atoms with Crippen LogP contribution in [0.5, 0.6) is 0 Å². The first-order valence-corrected chi connectivity index (χ1v) is 6.27. The number of rotatable bonds is 1. The topological polar surface area (TPSA) is 92.5 Å². The molecule has 1 aliphatic rings. The Bertz CT molecular complexity index is 573. The summed E-state index contributed by atoms with van der Waals surface area (Å²) in [5, 5.41) is 3.52. The molecule has 6 nitrogen and oxygen atoms in total. The summed E-state index contributed by atoms with van der Waals surface area (Å²) in [4.78, 5) is 15.9. The number of nitrogen functional groups attached to an aromatic ring is 1. The van der Waals surface area contributed by atoms with Crippen molar-refractivity contribution in [2.75, 3.05) is 12.3 Å². The smallest absolute Gasteiger partial charge is 0.183 e. The normalized spacial score (nSPS) is 23.3. The summed E-state index contributed by atoms with van der Waals surface area (Å²) in [6.07, 6.45) is 3.83. The Morgan fingerprint density at radius 3 is 2.94 bits per heavy atom. The van der Waals surface area contributed by atoms with Crippen LogP contribution in [0.15, 0.2) is 6.33 Å². The van der Waals surface area contributed by atoms with E-state index in [4.69, 9.17) is 5.73 Å². The average Bonchev–Trinajstić information content (AvgIpc) is 2.73. The minimum atomic E-state index is 0.175. The number of fused-ring (bicyclic) bond motifs is 1. The number of hydrogen-bond donors (Lipinski definition) is 3. The third-order valence-corrected chi connectivity index (χ3v) is 3.74. The Hall–Kier alpha value is -1.69. The second-order valence-corrected chi connectivity index (χ2v) is 5.56. The number of hydrogen-bond acceptors (Lipinski definition) is 5. The van der Waals surface area contributed by atoms with E-state index in [1.807, 2.05) is 0 Å². The second-order valence-electron chi connectivity index (χ2n) is 5.56. The number of anilines is 1. The van der Waals surface area contributed by atoms with Gasteiger partial charge < -0.3 is 16.0 Å². The largest absolute Gasteiger partial charge is 0.382 e. The van der Waals surface area contributed by atoms with Crippen LogP contribution in [0.25, 0.3) is 11.2 Å². The summed E-state index contributed by atoms with van der Waals surface area (Å²) < 4.78 is 0. The maximum Gasteiger partial charge on any atom is 0.183 e. The van der Waals surface area contributed by atoms with Crippen molar-refractivity contribution in [2.45, 2.75) is 32.7 Å². The van der Waals surface area contributed by atoms with Gasteiger partial charge in [0.15, 0.2) is 11.5 Å². The summed E-state index contributed by atoms with van der Waals surface area (Å²) in [5.41, 5.74) is 7.37. The molecule has 0 bridgehead atoms. The fraction of sp³-hybridized carbons (Fsp3) is 0.583. The van der Waals surface area contributed by atoms with E-state index in [9.17, 15) is 0 Å². The van der Waals surface area contributed by atoms with E-state index in [1.54, 1.807) is 0 Å². The lowest BCUT2D eigenvalue weighted by molar-refractivity contribution is 0.175. The first kappa shape index (κ1) is 11.4. The van der Waals surface area contributed by atoms with Gasteiger partial charge in [-0.25, -0.2) is 15.0 Å². The Balaban J connectivity index is 2.06. The fourth-order valence-corrected chi connectivity index (χ4v) is 2.68. The molecule has 2 aromatic heterocycles. The van der Waals surface area contributed by atoms with Gasteiger partial charge in [-0.3, -0.25) is 0 Å². The molecule has 3 heterocycles. The van der Waals surface area contributed by atoms with E-state index in [-0.39, 0.29) is 11.5 Å². The monoisotopic (exact) mass is 246 g/mol. The van der Waals surface area contributed by atoms with Crippen LogP contribution in [-0.4, -0.2) is 26.5 Å². The highest BCUT2D eigenvalue weighted by Crippen LogP contribution is 2.39. The van der Waals surface area contributed by atoms with Crippen molar-refractivity contribution in [1.82, 2.24) is 25.3 Å². The lowest BCUT2D eigenvalue weighted by Crippen LogP contribution is -2.40. The molecular weight excluding hydrogens is 228 g/mol. The Morgan fingerprint density at radius 2 is 2.22 bits per heavy atom. The first-order chi connectivity index (χ1) is 8.58. The van der Waals surface area contributed by atoms with Gasteiger partial charge >= 0.3 is 0 Å². The Labute approximate surface area is 105 Å². The number of aromatic nitrogens is 4. The molecule has 0 spiro atoms. The van der Waals surface area contributed by atoms with E-state index >= 15 is 0 Å². The van der Waals surface area contributed by atoms with Crippen LogP contribution in [0.4, 0.5) is 5.82 Å². The van der Waals surface area contributed by atoms with Gasteiger partial charge in [-0.15, -0.1) is 0 Å². The van der Waals surface area contributed by atoms with E-state index in [1.165, 1.54) is 19.2 Å². The molecule has 96 valence electrons. The maximum atomic E-state index is 5.82. The molecule has 0 aromatic carbocycles. The highest BCUT2D eigenvalue weighted by atomic mass is 15.1. The van der Waals surface area contributed by atoms with Crippen LogP contribution in [0.2, 0.25) is 0 Å². The van der Waals surface area contributed by atoms with Gasteiger partial charge in [0, 0.05) is 0 Å². The SMILES string of the molecule is CC1(C)CCCNC1c1nc2ncnc(N)c2[nH]1. The third-order valence-electron chi connectivity index (χ3n) is 3.74. The zero-order chi connectivity index (χ0) is 12.8. The predicted molar refractivity (Wildman–Crippen MR) is 69.9 cm³/mol. The molecule has 1 saturated heterocycles. The standard InChI is InChI=1S/C12H18N6/c1-12(2)4-3-5-14-8(12)11-17-7-9(13)15-6-16-10(7)18-11/h6,8,14H,3-5H2,1-2H3,(H3,13,15,16,17,18). The molecule has 18 heavy (non-hydrogen) atoms. The number of nitrogens with one attached hydrogen (secondary N) is 2. The van der Waals surface area contributed by atoms with Crippen LogP contribution < -0.4 is 11.1 Å². The molecule has 1 unspecified atom stereocenters. The minimum absolute atomic E-state index is 0.175. The molecule has 1 atom stereocenters. The molecule has 0 aliphatic carbocycles. The van der Waals surface area contributed by atoms with Gasteiger partial charge in [-0.1, -0.05) is 13.8 Å². The number of piperidine rings is 1. The Morgan fingerprint density at radius 1 is 1.39 bits per heavy atom. The first-order valence-electron chi connectivity index (χ1n) is 6.27.